The van der Waals surface area contributed by atoms with Crippen LogP contribution in [-0.2, 0) is 13.3 Å². The molecule has 0 unspecified atom stereocenters. The van der Waals surface area contributed by atoms with Gasteiger partial charge in [0.25, 0.3) is 0 Å². The lowest BCUT2D eigenvalue weighted by molar-refractivity contribution is 0.0716. The van der Waals surface area contributed by atoms with Crippen molar-refractivity contribution in [3.8, 4) is 0 Å². The van der Waals surface area contributed by atoms with E-state index >= 15 is 0 Å². The van der Waals surface area contributed by atoms with Gasteiger partial charge in [0.2, 0.25) is 0 Å². The number of hydrogen-bond donors (Lipinski definition) is 0. The van der Waals surface area contributed by atoms with E-state index in [1.54, 1.807) is 6.08 Å². The minimum absolute atomic E-state index is 0.657. The Morgan fingerprint density at radius 3 is 1.57 bits per heavy atom. The van der Waals surface area contributed by atoms with Crippen LogP contribution in [0, 0.1) is 0 Å². The Morgan fingerprint density at radius 2 is 1.14 bits per heavy atom. The van der Waals surface area contributed by atoms with Gasteiger partial charge in [0.1, 0.15) is 0 Å². The first-order valence-corrected chi connectivity index (χ1v) is 9.60. The van der Waals surface area contributed by atoms with Crippen molar-refractivity contribution in [1.82, 2.24) is 0 Å². The molecule has 21 heavy (non-hydrogen) atoms. The van der Waals surface area contributed by atoms with Crippen LogP contribution < -0.4 is 0 Å². The molecule has 0 aromatic heterocycles. The Labute approximate surface area is 131 Å². The Morgan fingerprint density at radius 1 is 0.714 bits per heavy atom. The van der Waals surface area contributed by atoms with Gasteiger partial charge in [-0.3, -0.25) is 0 Å². The summed E-state index contributed by atoms with van der Waals surface area (Å²) in [6.45, 7) is 11.9. The lowest BCUT2D eigenvalue weighted by atomic mass is 10.4. The minimum Gasteiger partial charge on any atom is -0.370 e. The summed E-state index contributed by atoms with van der Waals surface area (Å²) < 4.78 is 17.9. The zero-order valence-corrected chi connectivity index (χ0v) is 14.7. The Bertz CT molecular complexity index is 313. The van der Waals surface area contributed by atoms with Gasteiger partial charge in [0.15, 0.2) is 0 Å². The average molecular weight is 311 g/mol. The first-order chi connectivity index (χ1) is 10.2. The van der Waals surface area contributed by atoms with Gasteiger partial charge in [-0.05, 0) is 25.0 Å². The second-order valence-corrected chi connectivity index (χ2v) is 6.92. The van der Waals surface area contributed by atoms with Crippen molar-refractivity contribution >= 4 is 8.80 Å². The number of rotatable bonds is 13. The predicted octanol–water partition coefficient (Wildman–Crippen LogP) is 4.60. The van der Waals surface area contributed by atoms with Gasteiger partial charge >= 0.3 is 8.80 Å². The molecule has 0 aliphatic heterocycles. The van der Waals surface area contributed by atoms with Crippen molar-refractivity contribution in [1.29, 1.82) is 0 Å². The zero-order valence-electron chi connectivity index (χ0n) is 13.7. The summed E-state index contributed by atoms with van der Waals surface area (Å²) >= 11 is 0. The topological polar surface area (TPSA) is 27.7 Å². The Hall–Kier alpha value is -0.943. The first-order valence-electron chi connectivity index (χ1n) is 7.80. The molecule has 0 aliphatic carbocycles. The molecule has 0 amide bonds. The molecule has 4 heteroatoms. The molecule has 3 nitrogen and oxygen atoms in total. The molecule has 0 saturated heterocycles. The van der Waals surface area contributed by atoms with Crippen molar-refractivity contribution in [2.24, 2.45) is 0 Å². The van der Waals surface area contributed by atoms with Crippen LogP contribution in [0.3, 0.4) is 0 Å². The molecule has 0 aliphatic rings. The largest absolute Gasteiger partial charge is 0.529 e. The van der Waals surface area contributed by atoms with Crippen LogP contribution in [0.15, 0.2) is 48.7 Å². The van der Waals surface area contributed by atoms with E-state index in [4.69, 9.17) is 13.3 Å². The van der Waals surface area contributed by atoms with Crippen LogP contribution in [0.5, 0.6) is 0 Å². The van der Waals surface area contributed by atoms with Crippen LogP contribution in [0.2, 0.25) is 0 Å². The molecule has 0 radical (unpaired) electrons. The minimum atomic E-state index is -2.70. The quantitative estimate of drug-likeness (QED) is 0.367. The smallest absolute Gasteiger partial charge is 0.370 e. The summed E-state index contributed by atoms with van der Waals surface area (Å²) in [6, 6.07) is 0. The van der Waals surface area contributed by atoms with E-state index in [1.165, 1.54) is 0 Å². The molecule has 0 N–H and O–H groups in total. The fourth-order valence-electron chi connectivity index (χ4n) is 1.45. The van der Waals surface area contributed by atoms with E-state index in [1.807, 2.05) is 36.1 Å². The highest BCUT2D eigenvalue weighted by Gasteiger charge is 2.37. The maximum atomic E-state index is 5.95. The standard InChI is InChI=1S/C17H30O3Si/c1-5-9-10-11-12-13-17-21(18-14-6-2,19-15-7-3)20-16-8-4/h5,9-13,17H,1,6-8,14-16H2,2-4H3/b10-9+,12-11+,17-13+. The maximum Gasteiger partial charge on any atom is 0.529 e. The van der Waals surface area contributed by atoms with E-state index < -0.39 is 8.80 Å². The van der Waals surface area contributed by atoms with Gasteiger partial charge in [-0.15, -0.1) is 0 Å². The van der Waals surface area contributed by atoms with Crippen molar-refractivity contribution in [3.63, 3.8) is 0 Å². The van der Waals surface area contributed by atoms with Gasteiger partial charge in [-0.1, -0.05) is 63.8 Å². The fourth-order valence-corrected chi connectivity index (χ4v) is 3.80. The number of hydrogen-bond acceptors (Lipinski definition) is 3. The Balaban J connectivity index is 4.83. The molecular weight excluding hydrogens is 280 g/mol. The predicted molar refractivity (Wildman–Crippen MR) is 92.1 cm³/mol. The molecule has 0 fully saturated rings. The summed E-state index contributed by atoms with van der Waals surface area (Å²) in [7, 11) is -2.70. The molecule has 0 atom stereocenters. The van der Waals surface area contributed by atoms with E-state index in [-0.39, 0.29) is 0 Å². The van der Waals surface area contributed by atoms with Gasteiger partial charge < -0.3 is 13.3 Å². The molecular formula is C17H30O3Si. The average Bonchev–Trinajstić information content (AvgIpc) is 2.51. The normalized spacial score (nSPS) is 12.9. The third kappa shape index (κ3) is 10.4. The van der Waals surface area contributed by atoms with Crippen molar-refractivity contribution in [2.45, 2.75) is 40.0 Å². The highest BCUT2D eigenvalue weighted by Crippen LogP contribution is 2.14. The first kappa shape index (κ1) is 20.1. The van der Waals surface area contributed by atoms with Gasteiger partial charge in [-0.2, -0.15) is 0 Å². The van der Waals surface area contributed by atoms with Crippen molar-refractivity contribution in [2.75, 3.05) is 19.8 Å². The van der Waals surface area contributed by atoms with E-state index in [0.29, 0.717) is 19.8 Å². The molecule has 0 aromatic carbocycles. The fraction of sp³-hybridized carbons (Fsp3) is 0.529. The molecule has 120 valence electrons. The summed E-state index contributed by atoms with van der Waals surface area (Å²) in [5.41, 5.74) is 1.96. The highest BCUT2D eigenvalue weighted by atomic mass is 28.4. The lowest BCUT2D eigenvalue weighted by Crippen LogP contribution is -2.45. The van der Waals surface area contributed by atoms with Gasteiger partial charge in [0, 0.05) is 19.8 Å². The van der Waals surface area contributed by atoms with Crippen LogP contribution >= 0.6 is 0 Å². The molecule has 0 spiro atoms. The van der Waals surface area contributed by atoms with Crippen molar-refractivity contribution < 1.29 is 13.3 Å². The van der Waals surface area contributed by atoms with Crippen molar-refractivity contribution in [3.05, 3.63) is 48.7 Å². The zero-order chi connectivity index (χ0) is 15.8. The SMILES string of the molecule is C=C/C=C/C=C/C=C/[Si](OCCC)(OCCC)OCCC. The second-order valence-electron chi connectivity index (χ2n) is 4.51. The van der Waals surface area contributed by atoms with E-state index in [0.717, 1.165) is 19.3 Å². The van der Waals surface area contributed by atoms with Gasteiger partial charge in [0.05, 0.1) is 0 Å². The summed E-state index contributed by atoms with van der Waals surface area (Å²) in [5.74, 6) is 0. The third-order valence-electron chi connectivity index (χ3n) is 2.40. The molecule has 0 aromatic rings. The molecule has 0 heterocycles. The van der Waals surface area contributed by atoms with E-state index in [9.17, 15) is 0 Å². The molecule has 0 rings (SSSR count). The molecule has 0 bridgehead atoms. The van der Waals surface area contributed by atoms with E-state index in [2.05, 4.69) is 27.4 Å². The third-order valence-corrected chi connectivity index (χ3v) is 4.82. The van der Waals surface area contributed by atoms with Crippen LogP contribution in [0.25, 0.3) is 0 Å². The lowest BCUT2D eigenvalue weighted by Gasteiger charge is -2.26. The summed E-state index contributed by atoms with van der Waals surface area (Å²) in [6.07, 6.45) is 14.2. The molecule has 0 saturated carbocycles. The monoisotopic (exact) mass is 310 g/mol. The maximum absolute atomic E-state index is 5.95. The Kier molecular flexibility index (Phi) is 13.4. The highest BCUT2D eigenvalue weighted by molar-refractivity contribution is 6.66. The summed E-state index contributed by atoms with van der Waals surface area (Å²) in [4.78, 5) is 0. The second kappa shape index (κ2) is 14.0. The summed E-state index contributed by atoms with van der Waals surface area (Å²) in [5, 5.41) is 0. The van der Waals surface area contributed by atoms with Crippen LogP contribution in [0.1, 0.15) is 40.0 Å². The van der Waals surface area contributed by atoms with Crippen LogP contribution in [0.4, 0.5) is 0 Å². The van der Waals surface area contributed by atoms with Crippen LogP contribution in [-0.4, -0.2) is 28.6 Å². The van der Waals surface area contributed by atoms with Gasteiger partial charge in [-0.25, -0.2) is 0 Å². The number of allylic oxidation sites excluding steroid dienone is 6.